The normalized spacial score (nSPS) is 21.7. The summed E-state index contributed by atoms with van der Waals surface area (Å²) in [5, 5.41) is 7.29. The number of alkyl carbamates (subject to hydrolysis) is 1. The number of nitrogens with one attached hydrogen (secondary N) is 4. The lowest BCUT2D eigenvalue weighted by molar-refractivity contribution is -0.143. The first kappa shape index (κ1) is 46.1. The summed E-state index contributed by atoms with van der Waals surface area (Å²) in [4.78, 5) is 81.7. The highest BCUT2D eigenvalue weighted by Crippen LogP contribution is 2.45. The molecule has 0 bridgehead atoms. The molecule has 5 rings (SSSR count). The number of sulfonamides is 1. The first-order valence-corrected chi connectivity index (χ1v) is 21.5. The van der Waals surface area contributed by atoms with Crippen LogP contribution in [0.5, 0.6) is 0 Å². The number of anilines is 1. The van der Waals surface area contributed by atoms with Gasteiger partial charge >= 0.3 is 12.2 Å². The minimum absolute atomic E-state index is 0.105. The molecule has 2 aromatic rings. The number of para-hydroxylation sites is 2. The van der Waals surface area contributed by atoms with Gasteiger partial charge in [-0.15, -0.1) is 6.58 Å². The van der Waals surface area contributed by atoms with Gasteiger partial charge in [0.05, 0.1) is 23.2 Å². The van der Waals surface area contributed by atoms with Crippen molar-refractivity contribution in [1.82, 2.24) is 20.3 Å². The maximum absolute atomic E-state index is 14.2. The van der Waals surface area contributed by atoms with Crippen molar-refractivity contribution in [2.75, 3.05) is 11.9 Å². The molecule has 2 aromatic carbocycles. The van der Waals surface area contributed by atoms with E-state index in [0.29, 0.717) is 28.7 Å². The summed E-state index contributed by atoms with van der Waals surface area (Å²) in [6.07, 6.45) is 1.16. The maximum Gasteiger partial charge on any atom is 0.411 e. The average Bonchev–Trinajstić information content (AvgIpc) is 4.05. The van der Waals surface area contributed by atoms with Crippen LogP contribution in [0.2, 0.25) is 0 Å². The van der Waals surface area contributed by atoms with Gasteiger partial charge in [0.2, 0.25) is 27.9 Å². The van der Waals surface area contributed by atoms with Crippen LogP contribution in [0, 0.1) is 11.3 Å². The number of amides is 5. The van der Waals surface area contributed by atoms with Gasteiger partial charge in [0.25, 0.3) is 5.91 Å². The molecule has 3 fully saturated rings. The zero-order chi connectivity index (χ0) is 43.2. The number of carbonyl (C=O) groups is 5. The summed E-state index contributed by atoms with van der Waals surface area (Å²) in [6.45, 7) is 13.7. The van der Waals surface area contributed by atoms with Crippen molar-refractivity contribution >= 4 is 89.2 Å². The summed E-state index contributed by atoms with van der Waals surface area (Å²) in [7, 11) is -3.91. The number of carbonyl (C=O) groups excluding carboxylic acids is 6. The number of halogens is 2. The van der Waals surface area contributed by atoms with Crippen LogP contribution in [-0.2, 0) is 38.7 Å². The van der Waals surface area contributed by atoms with Gasteiger partial charge < -0.3 is 25.0 Å². The van der Waals surface area contributed by atoms with E-state index in [1.54, 1.807) is 77.9 Å². The molecule has 2 saturated carbocycles. The van der Waals surface area contributed by atoms with Crippen molar-refractivity contribution < 1.29 is 46.7 Å². The largest absolute Gasteiger partial charge is 0.444 e. The minimum Gasteiger partial charge on any atom is -0.444 e. The highest BCUT2D eigenvalue weighted by atomic mass is 79.9. The third-order valence-electron chi connectivity index (χ3n) is 9.27. The molecule has 4 N–H and O–H groups in total. The summed E-state index contributed by atoms with van der Waals surface area (Å²) in [5.41, 5.74) is -2.25. The predicted octanol–water partition coefficient (Wildman–Crippen LogP) is 5.99. The molecule has 5 amide bonds. The van der Waals surface area contributed by atoms with E-state index in [1.165, 1.54) is 17.1 Å². The second-order valence-electron chi connectivity index (χ2n) is 16.2. The van der Waals surface area contributed by atoms with Crippen LogP contribution in [0.1, 0.15) is 67.2 Å². The highest BCUT2D eigenvalue weighted by Gasteiger charge is 2.62. The molecule has 1 aliphatic heterocycles. The Hall–Kier alpha value is -4.58. The topological polar surface area (TPSA) is 219 Å². The van der Waals surface area contributed by atoms with E-state index in [9.17, 15) is 37.2 Å². The minimum atomic E-state index is -3.91. The predicted molar refractivity (Wildman–Crippen MR) is 222 cm³/mol. The fourth-order valence-electron chi connectivity index (χ4n) is 6.08. The van der Waals surface area contributed by atoms with Gasteiger partial charge in [-0.25, -0.2) is 22.8 Å². The van der Waals surface area contributed by atoms with Crippen LogP contribution >= 0.6 is 31.9 Å². The third kappa shape index (κ3) is 12.2. The molecule has 16 nitrogen and oxygen atoms in total. The van der Waals surface area contributed by atoms with Crippen LogP contribution in [0.25, 0.3) is 0 Å². The Morgan fingerprint density at radius 2 is 1.60 bits per heavy atom. The Morgan fingerprint density at radius 1 is 0.983 bits per heavy atom. The number of nitrogens with zero attached hydrogens (tertiary/aromatic N) is 2. The fourth-order valence-corrected chi connectivity index (χ4v) is 8.20. The Balaban J connectivity index is 0.000000648. The number of aliphatic imine (C=N–C) groups is 1. The van der Waals surface area contributed by atoms with Gasteiger partial charge in [0.1, 0.15) is 29.3 Å². The van der Waals surface area contributed by atoms with Crippen LogP contribution in [0.3, 0.4) is 0 Å². The van der Waals surface area contributed by atoms with Gasteiger partial charge in [-0.3, -0.25) is 24.4 Å². The van der Waals surface area contributed by atoms with E-state index in [1.807, 2.05) is 12.1 Å². The average molecular weight is 953 g/mol. The van der Waals surface area contributed by atoms with Crippen LogP contribution in [0.4, 0.5) is 21.0 Å². The Labute approximate surface area is 354 Å². The first-order valence-electron chi connectivity index (χ1n) is 18.4. The summed E-state index contributed by atoms with van der Waals surface area (Å²) in [6, 6.07) is 11.7. The Kier molecular flexibility index (Phi) is 14.8. The van der Waals surface area contributed by atoms with E-state index < -0.39 is 85.8 Å². The Morgan fingerprint density at radius 3 is 2.14 bits per heavy atom. The molecule has 58 heavy (non-hydrogen) atoms. The third-order valence-corrected chi connectivity index (χ3v) is 12.5. The molecule has 1 saturated heterocycles. The molecular weight excluding hydrogens is 904 g/mol. The number of benzene rings is 2. The molecule has 2 aliphatic carbocycles. The molecule has 5 atom stereocenters. The Bertz CT molecular complexity index is 2080. The van der Waals surface area contributed by atoms with Gasteiger partial charge in [0.15, 0.2) is 0 Å². The van der Waals surface area contributed by atoms with Crippen molar-refractivity contribution in [1.29, 1.82) is 0 Å². The number of rotatable bonds is 11. The van der Waals surface area contributed by atoms with E-state index >= 15 is 0 Å². The van der Waals surface area contributed by atoms with Crippen molar-refractivity contribution in [2.45, 2.75) is 102 Å². The van der Waals surface area contributed by atoms with E-state index in [4.69, 9.17) is 9.47 Å². The number of isocyanates is 1. The van der Waals surface area contributed by atoms with Gasteiger partial charge in [-0.2, -0.15) is 4.99 Å². The van der Waals surface area contributed by atoms with Crippen molar-refractivity contribution in [2.24, 2.45) is 16.3 Å². The van der Waals surface area contributed by atoms with E-state index in [0.717, 1.165) is 4.47 Å². The lowest BCUT2D eigenvalue weighted by atomic mass is 9.85. The number of hydrogen-bond acceptors (Lipinski definition) is 11. The molecule has 314 valence electrons. The summed E-state index contributed by atoms with van der Waals surface area (Å²) >= 11 is 6.58. The lowest BCUT2D eigenvalue weighted by Gasteiger charge is -2.36. The highest BCUT2D eigenvalue weighted by molar-refractivity contribution is 9.11. The summed E-state index contributed by atoms with van der Waals surface area (Å²) < 4.78 is 39.7. The van der Waals surface area contributed by atoms with E-state index in [-0.39, 0.29) is 19.4 Å². The monoisotopic (exact) mass is 950 g/mol. The molecule has 1 unspecified atom stereocenters. The standard InChI is InChI=1S/C32H44BrN5O9S.C7H4BrNO/c1-8-18-16-32(18,27(41)37-48(44,45)20-13-14-20)36-25(39)23-15-19(46-28(42)34-22-12-10-9-11-21(22)33)17-38(23)26(40)24(30(2,3)4)35-29(43)47-31(5,6)7;8-6-3-1-2-4-7(6)9-5-10/h8-12,18-20,23-24H,1,13-17H2,2-7H3,(H,34,42)(H,35,43)(H,36,39)(H,37,41);1-4H/t18?,19-,23+,24-,32-;/m1./s1. The van der Waals surface area contributed by atoms with Gasteiger partial charge in [-0.05, 0) is 102 Å². The van der Waals surface area contributed by atoms with Gasteiger partial charge in [0, 0.05) is 21.3 Å². The van der Waals surface area contributed by atoms with Crippen LogP contribution in [-0.4, -0.2) is 90.4 Å². The van der Waals surface area contributed by atoms with E-state index in [2.05, 4.69) is 64.1 Å². The number of hydrogen-bond donors (Lipinski definition) is 4. The molecule has 0 radical (unpaired) electrons. The molecule has 1 heterocycles. The van der Waals surface area contributed by atoms with Crippen molar-refractivity contribution in [3.05, 3.63) is 70.1 Å². The maximum atomic E-state index is 14.2. The second-order valence-corrected chi connectivity index (χ2v) is 19.8. The quantitative estimate of drug-likeness (QED) is 0.117. The fraction of sp³-hybridized carbons (Fsp3) is 0.487. The molecular formula is C39H48Br2N6O10S. The second kappa shape index (κ2) is 18.6. The number of ether oxygens (including phenoxy) is 2. The molecule has 19 heteroatoms. The van der Waals surface area contributed by atoms with Gasteiger partial charge in [-0.1, -0.05) is 51.1 Å². The summed E-state index contributed by atoms with van der Waals surface area (Å²) in [5.74, 6) is -2.84. The zero-order valence-electron chi connectivity index (χ0n) is 33.0. The smallest absolute Gasteiger partial charge is 0.411 e. The van der Waals surface area contributed by atoms with Crippen molar-refractivity contribution in [3.8, 4) is 0 Å². The molecule has 0 aromatic heterocycles. The SMILES string of the molecule is C=CC1C[C@]1(NC(=O)[C@@H]1C[C@@H](OC(=O)Nc2ccccc2Br)CN1C(=O)[C@@H](NC(=O)OC(C)(C)C)C(C)(C)C)C(=O)NS(=O)(=O)C1CC1.O=C=Nc1ccccc1Br. The lowest BCUT2D eigenvalue weighted by Crippen LogP contribution is -2.60. The molecule has 3 aliphatic rings. The van der Waals surface area contributed by atoms with Crippen LogP contribution < -0.4 is 20.7 Å². The van der Waals surface area contributed by atoms with Crippen LogP contribution in [0.15, 0.2) is 75.1 Å². The first-order chi connectivity index (χ1) is 27.0. The number of likely N-dealkylation sites (tertiary alicyclic amines) is 1. The van der Waals surface area contributed by atoms with Crippen molar-refractivity contribution in [3.63, 3.8) is 0 Å². The molecule has 0 spiro atoms. The zero-order valence-corrected chi connectivity index (χ0v) is 37.0.